The number of primary amides is 1. The second-order valence-corrected chi connectivity index (χ2v) is 8.96. The number of ether oxygens (including phenoxy) is 1. The number of carbonyl (C=O) groups is 1. The number of benzene rings is 1. The highest BCUT2D eigenvalue weighted by Gasteiger charge is 2.25. The van der Waals surface area contributed by atoms with Gasteiger partial charge in [0.15, 0.2) is 0 Å². The van der Waals surface area contributed by atoms with Gasteiger partial charge in [0.25, 0.3) is 0 Å². The Labute approximate surface area is 186 Å². The van der Waals surface area contributed by atoms with E-state index in [0.29, 0.717) is 17.7 Å². The SMILES string of the molecule is CC(C)(Cc1cnc(F)cc1-c1cccc2cc(-c3ccnc(Cl)n3)sc12)OC(N)=O. The van der Waals surface area contributed by atoms with Crippen molar-refractivity contribution in [3.05, 3.63) is 65.6 Å². The van der Waals surface area contributed by atoms with Crippen molar-refractivity contribution >= 4 is 39.1 Å². The van der Waals surface area contributed by atoms with Gasteiger partial charge in [-0.2, -0.15) is 4.39 Å². The van der Waals surface area contributed by atoms with Crippen LogP contribution in [0.2, 0.25) is 5.28 Å². The fraction of sp³-hybridized carbons (Fsp3) is 0.182. The molecule has 0 spiro atoms. The molecule has 4 rings (SSSR count). The number of hydrogen-bond donors (Lipinski definition) is 1. The number of carbonyl (C=O) groups excluding carboxylic acids is 1. The summed E-state index contributed by atoms with van der Waals surface area (Å²) < 4.78 is 20.3. The lowest BCUT2D eigenvalue weighted by molar-refractivity contribution is 0.0460. The molecule has 0 aliphatic carbocycles. The number of pyridine rings is 1. The molecule has 0 aliphatic rings. The third-order valence-electron chi connectivity index (χ3n) is 4.66. The maximum absolute atomic E-state index is 14.1. The van der Waals surface area contributed by atoms with Crippen molar-refractivity contribution in [2.24, 2.45) is 5.73 Å². The first-order valence-electron chi connectivity index (χ1n) is 9.36. The van der Waals surface area contributed by atoms with Gasteiger partial charge in [0.1, 0.15) is 5.60 Å². The van der Waals surface area contributed by atoms with Crippen LogP contribution in [0.3, 0.4) is 0 Å². The number of thiophene rings is 1. The molecule has 0 fully saturated rings. The molecule has 3 aromatic heterocycles. The van der Waals surface area contributed by atoms with Crippen LogP contribution in [0.15, 0.2) is 48.8 Å². The molecule has 9 heteroatoms. The van der Waals surface area contributed by atoms with Crippen molar-refractivity contribution in [3.63, 3.8) is 0 Å². The van der Waals surface area contributed by atoms with Crippen LogP contribution in [-0.2, 0) is 11.2 Å². The quantitative estimate of drug-likeness (QED) is 0.310. The van der Waals surface area contributed by atoms with E-state index in [4.69, 9.17) is 22.1 Å². The summed E-state index contributed by atoms with van der Waals surface area (Å²) in [6.45, 7) is 3.49. The van der Waals surface area contributed by atoms with E-state index in [1.807, 2.05) is 24.3 Å². The molecule has 0 aliphatic heterocycles. The Morgan fingerprint density at radius 2 is 2.03 bits per heavy atom. The summed E-state index contributed by atoms with van der Waals surface area (Å²) in [6.07, 6.45) is 2.52. The Morgan fingerprint density at radius 3 is 2.77 bits per heavy atom. The van der Waals surface area contributed by atoms with Gasteiger partial charge in [-0.05, 0) is 59.7 Å². The fourth-order valence-electron chi connectivity index (χ4n) is 3.49. The van der Waals surface area contributed by atoms with Crippen molar-refractivity contribution < 1.29 is 13.9 Å². The predicted molar refractivity (Wildman–Crippen MR) is 120 cm³/mol. The second-order valence-electron chi connectivity index (χ2n) is 7.57. The van der Waals surface area contributed by atoms with Crippen molar-refractivity contribution in [2.45, 2.75) is 25.9 Å². The summed E-state index contributed by atoms with van der Waals surface area (Å²) >= 11 is 7.47. The molecular formula is C22H18ClFN4O2S. The number of aromatic nitrogens is 3. The lowest BCUT2D eigenvalue weighted by Crippen LogP contribution is -2.33. The fourth-order valence-corrected chi connectivity index (χ4v) is 4.79. The van der Waals surface area contributed by atoms with Gasteiger partial charge in [-0.3, -0.25) is 0 Å². The van der Waals surface area contributed by atoms with Crippen LogP contribution in [0.4, 0.5) is 9.18 Å². The number of rotatable bonds is 5. The maximum atomic E-state index is 14.1. The Kier molecular flexibility index (Phi) is 5.60. The Balaban J connectivity index is 1.83. The Morgan fingerprint density at radius 1 is 1.23 bits per heavy atom. The monoisotopic (exact) mass is 456 g/mol. The minimum absolute atomic E-state index is 0.172. The van der Waals surface area contributed by atoms with Crippen molar-refractivity contribution in [2.75, 3.05) is 0 Å². The smallest absolute Gasteiger partial charge is 0.405 e. The highest BCUT2D eigenvalue weighted by Crippen LogP contribution is 2.40. The van der Waals surface area contributed by atoms with Gasteiger partial charge in [0.05, 0.1) is 10.6 Å². The Bertz CT molecular complexity index is 1290. The summed E-state index contributed by atoms with van der Waals surface area (Å²) in [4.78, 5) is 24.2. The highest BCUT2D eigenvalue weighted by atomic mass is 35.5. The topological polar surface area (TPSA) is 91.0 Å². The molecule has 1 aromatic carbocycles. The van der Waals surface area contributed by atoms with E-state index in [-0.39, 0.29) is 5.28 Å². The zero-order valence-electron chi connectivity index (χ0n) is 16.7. The third kappa shape index (κ3) is 4.65. The van der Waals surface area contributed by atoms with Gasteiger partial charge in [-0.25, -0.2) is 19.7 Å². The van der Waals surface area contributed by atoms with Gasteiger partial charge < -0.3 is 10.5 Å². The van der Waals surface area contributed by atoms with E-state index in [0.717, 1.165) is 26.1 Å². The maximum Gasteiger partial charge on any atom is 0.405 e. The van der Waals surface area contributed by atoms with E-state index < -0.39 is 17.6 Å². The molecular weight excluding hydrogens is 439 g/mol. The minimum atomic E-state index is -0.883. The number of nitrogens with two attached hydrogens (primary N) is 1. The molecule has 31 heavy (non-hydrogen) atoms. The molecule has 0 atom stereocenters. The largest absolute Gasteiger partial charge is 0.443 e. The average Bonchev–Trinajstić information content (AvgIpc) is 3.13. The number of nitrogens with zero attached hydrogens (tertiary/aromatic N) is 3. The van der Waals surface area contributed by atoms with Crippen LogP contribution < -0.4 is 5.73 Å². The van der Waals surface area contributed by atoms with Crippen molar-refractivity contribution in [1.29, 1.82) is 0 Å². The normalized spacial score (nSPS) is 11.6. The van der Waals surface area contributed by atoms with Gasteiger partial charge in [-0.1, -0.05) is 18.2 Å². The first-order chi connectivity index (χ1) is 14.7. The highest BCUT2D eigenvalue weighted by molar-refractivity contribution is 7.22. The predicted octanol–water partition coefficient (Wildman–Crippen LogP) is 5.63. The van der Waals surface area contributed by atoms with Crippen LogP contribution in [0.25, 0.3) is 31.8 Å². The molecule has 0 radical (unpaired) electrons. The molecule has 1 amide bonds. The van der Waals surface area contributed by atoms with Gasteiger partial charge in [0.2, 0.25) is 11.2 Å². The minimum Gasteiger partial charge on any atom is -0.443 e. The van der Waals surface area contributed by atoms with Gasteiger partial charge >= 0.3 is 6.09 Å². The summed E-state index contributed by atoms with van der Waals surface area (Å²) in [7, 11) is 0. The summed E-state index contributed by atoms with van der Waals surface area (Å²) in [5.41, 5.74) is 7.28. The van der Waals surface area contributed by atoms with Gasteiger partial charge in [-0.15, -0.1) is 11.3 Å². The molecule has 0 saturated heterocycles. The van der Waals surface area contributed by atoms with Crippen LogP contribution in [0, 0.1) is 5.95 Å². The van der Waals surface area contributed by atoms with Crippen LogP contribution >= 0.6 is 22.9 Å². The first-order valence-corrected chi connectivity index (χ1v) is 10.6. The van der Waals surface area contributed by atoms with Crippen molar-refractivity contribution in [3.8, 4) is 21.7 Å². The number of fused-ring (bicyclic) bond motifs is 1. The molecule has 0 unspecified atom stereocenters. The standard InChI is InChI=1S/C22H18ClFN4O2S/c1-22(2,30-21(25)29)10-13-11-27-18(24)9-15(13)14-5-3-4-12-8-17(31-19(12)14)16-6-7-26-20(23)28-16/h3-9,11H,10H2,1-2H3,(H2,25,29). The van der Waals surface area contributed by atoms with E-state index >= 15 is 0 Å². The van der Waals surface area contributed by atoms with Crippen molar-refractivity contribution in [1.82, 2.24) is 15.0 Å². The van der Waals surface area contributed by atoms with Crippen LogP contribution in [0.1, 0.15) is 19.4 Å². The van der Waals surface area contributed by atoms with Crippen LogP contribution in [-0.4, -0.2) is 26.6 Å². The molecule has 4 aromatic rings. The zero-order valence-corrected chi connectivity index (χ0v) is 18.3. The van der Waals surface area contributed by atoms with E-state index in [2.05, 4.69) is 15.0 Å². The lowest BCUT2D eigenvalue weighted by Gasteiger charge is -2.25. The average molecular weight is 457 g/mol. The first kappa shape index (κ1) is 21.1. The number of amides is 1. The third-order valence-corrected chi connectivity index (χ3v) is 6.05. The molecule has 0 bridgehead atoms. The summed E-state index contributed by atoms with van der Waals surface area (Å²) in [5, 5.41) is 1.16. The van der Waals surface area contributed by atoms with E-state index in [9.17, 15) is 9.18 Å². The van der Waals surface area contributed by atoms with E-state index in [1.165, 1.54) is 23.6 Å². The molecule has 158 valence electrons. The second kappa shape index (κ2) is 8.20. The number of hydrogen-bond acceptors (Lipinski definition) is 6. The lowest BCUT2D eigenvalue weighted by atomic mass is 9.92. The number of halogens is 2. The summed E-state index contributed by atoms with van der Waals surface area (Å²) in [6, 6.07) is 11.0. The molecule has 0 saturated carbocycles. The molecule has 3 heterocycles. The van der Waals surface area contributed by atoms with E-state index in [1.54, 1.807) is 26.1 Å². The Hall–Kier alpha value is -3.10. The molecule has 6 nitrogen and oxygen atoms in total. The summed E-state index contributed by atoms with van der Waals surface area (Å²) in [5.74, 6) is -0.594. The van der Waals surface area contributed by atoms with Crippen LogP contribution in [0.5, 0.6) is 0 Å². The van der Waals surface area contributed by atoms with Gasteiger partial charge in [0, 0.05) is 29.6 Å². The zero-order chi connectivity index (χ0) is 22.2. The molecule has 2 N–H and O–H groups in total.